The molecule has 2 aromatic heterocycles. The molecule has 6 heteroatoms. The molecule has 0 atom stereocenters. The number of rotatable bonds is 2. The second kappa shape index (κ2) is 7.94. The van der Waals surface area contributed by atoms with Gasteiger partial charge in [0.05, 0.1) is 0 Å². The normalized spacial score (nSPS) is 10.5. The van der Waals surface area contributed by atoms with Crippen LogP contribution < -0.4 is 11.1 Å². The van der Waals surface area contributed by atoms with Gasteiger partial charge >= 0.3 is 0 Å². The van der Waals surface area contributed by atoms with E-state index >= 15 is 0 Å². The molecule has 120 valence electrons. The van der Waals surface area contributed by atoms with Crippen molar-refractivity contribution in [3.63, 3.8) is 0 Å². The molecule has 2 rings (SSSR count). The number of nitrogens with zero attached hydrogens (tertiary/aromatic N) is 2. The maximum atomic E-state index is 12.5. The van der Waals surface area contributed by atoms with Crippen LogP contribution in [0.1, 0.15) is 39.8 Å². The van der Waals surface area contributed by atoms with E-state index in [9.17, 15) is 14.0 Å². The molecule has 0 aliphatic heterocycles. The van der Waals surface area contributed by atoms with Gasteiger partial charge in [0.15, 0.2) is 0 Å². The van der Waals surface area contributed by atoms with E-state index in [0.717, 1.165) is 0 Å². The summed E-state index contributed by atoms with van der Waals surface area (Å²) >= 11 is 5.61. The van der Waals surface area contributed by atoms with Crippen LogP contribution in [0, 0.1) is 5.82 Å². The van der Waals surface area contributed by atoms with Crippen LogP contribution in [0.5, 0.6) is 0 Å². The van der Waals surface area contributed by atoms with Crippen LogP contribution in [0.3, 0.4) is 0 Å². The van der Waals surface area contributed by atoms with Crippen molar-refractivity contribution >= 4 is 11.6 Å². The molecule has 0 saturated heterocycles. The lowest BCUT2D eigenvalue weighted by Crippen LogP contribution is -2.20. The molecule has 0 aliphatic carbocycles. The van der Waals surface area contributed by atoms with Gasteiger partial charge in [0.2, 0.25) is 0 Å². The van der Waals surface area contributed by atoms with Crippen LogP contribution in [0.4, 0.5) is 4.39 Å². The van der Waals surface area contributed by atoms with Gasteiger partial charge in [0.1, 0.15) is 5.82 Å². The molecule has 0 N–H and O–H groups in total. The van der Waals surface area contributed by atoms with Gasteiger partial charge in [-0.15, -0.1) is 0 Å². The molecule has 0 saturated carbocycles. The first kappa shape index (κ1) is 18.2. The van der Waals surface area contributed by atoms with Crippen LogP contribution in [-0.2, 0) is 0 Å². The van der Waals surface area contributed by atoms with Crippen molar-refractivity contribution in [1.29, 1.82) is 0 Å². The fourth-order valence-electron chi connectivity index (χ4n) is 1.77. The standard InChI is InChI=1S/C8H10ClNO.C8H10FNO/c1-6(2)10-4-3-7(9)5-8(10)11;1-6(2)10-5-7(9)3-4-8(10)11/h2*3-6H,1-2H3. The molecule has 0 bridgehead atoms. The highest BCUT2D eigenvalue weighted by molar-refractivity contribution is 6.30. The third-order valence-corrected chi connectivity index (χ3v) is 3.16. The summed E-state index contributed by atoms with van der Waals surface area (Å²) in [5.41, 5.74) is -0.214. The molecule has 4 nitrogen and oxygen atoms in total. The predicted octanol–water partition coefficient (Wildman–Crippen LogP) is 3.65. The van der Waals surface area contributed by atoms with E-state index < -0.39 is 0 Å². The fraction of sp³-hybridized carbons (Fsp3) is 0.375. The monoisotopic (exact) mass is 326 g/mol. The lowest BCUT2D eigenvalue weighted by Gasteiger charge is -2.07. The highest BCUT2D eigenvalue weighted by Crippen LogP contribution is 2.05. The summed E-state index contributed by atoms with van der Waals surface area (Å²) in [6.45, 7) is 7.58. The number of pyridine rings is 2. The minimum absolute atomic E-state index is 0.0122. The first-order valence-corrected chi connectivity index (χ1v) is 7.35. The van der Waals surface area contributed by atoms with Gasteiger partial charge in [-0.25, -0.2) is 4.39 Å². The Morgan fingerprint density at radius 1 is 0.955 bits per heavy atom. The molecular weight excluding hydrogens is 307 g/mol. The quantitative estimate of drug-likeness (QED) is 0.845. The Morgan fingerprint density at radius 2 is 1.55 bits per heavy atom. The topological polar surface area (TPSA) is 44.0 Å². The summed E-state index contributed by atoms with van der Waals surface area (Å²) in [5, 5.41) is 0.493. The summed E-state index contributed by atoms with van der Waals surface area (Å²) < 4.78 is 15.5. The molecule has 0 amide bonds. The lowest BCUT2D eigenvalue weighted by molar-refractivity contribution is 0.537. The van der Waals surface area contributed by atoms with Crippen molar-refractivity contribution in [3.8, 4) is 0 Å². The molecular formula is C16H20ClFN2O2. The van der Waals surface area contributed by atoms with E-state index in [1.807, 2.05) is 27.7 Å². The Balaban J connectivity index is 0.000000220. The summed E-state index contributed by atoms with van der Waals surface area (Å²) in [7, 11) is 0. The average Bonchev–Trinajstić information content (AvgIpc) is 2.41. The van der Waals surface area contributed by atoms with Crippen molar-refractivity contribution in [2.75, 3.05) is 0 Å². The van der Waals surface area contributed by atoms with Gasteiger partial charge in [-0.1, -0.05) is 11.6 Å². The summed E-state index contributed by atoms with van der Waals surface area (Å²) in [6.07, 6.45) is 2.92. The van der Waals surface area contributed by atoms with Crippen molar-refractivity contribution in [1.82, 2.24) is 9.13 Å². The van der Waals surface area contributed by atoms with E-state index in [1.165, 1.54) is 29.0 Å². The smallest absolute Gasteiger partial charge is 0.252 e. The number of halogens is 2. The average molecular weight is 327 g/mol. The van der Waals surface area contributed by atoms with Gasteiger partial charge in [-0.3, -0.25) is 9.59 Å². The van der Waals surface area contributed by atoms with Gasteiger partial charge in [0.25, 0.3) is 11.1 Å². The highest BCUT2D eigenvalue weighted by atomic mass is 35.5. The van der Waals surface area contributed by atoms with Gasteiger partial charge in [0, 0.05) is 41.6 Å². The van der Waals surface area contributed by atoms with Crippen molar-refractivity contribution < 1.29 is 4.39 Å². The van der Waals surface area contributed by atoms with E-state index in [-0.39, 0.29) is 29.0 Å². The Bertz CT molecular complexity index is 735. The molecule has 0 fully saturated rings. The molecule has 0 radical (unpaired) electrons. The first-order chi connectivity index (χ1) is 10.2. The maximum absolute atomic E-state index is 12.5. The fourth-order valence-corrected chi connectivity index (χ4v) is 1.92. The minimum Gasteiger partial charge on any atom is -0.313 e. The highest BCUT2D eigenvalue weighted by Gasteiger charge is 2.00. The largest absolute Gasteiger partial charge is 0.313 e. The summed E-state index contributed by atoms with van der Waals surface area (Å²) in [6, 6.07) is 5.74. The van der Waals surface area contributed by atoms with Crippen LogP contribution in [-0.4, -0.2) is 9.13 Å². The van der Waals surface area contributed by atoms with Gasteiger partial charge in [-0.2, -0.15) is 0 Å². The van der Waals surface area contributed by atoms with E-state index in [4.69, 9.17) is 11.6 Å². The van der Waals surface area contributed by atoms with Crippen LogP contribution in [0.2, 0.25) is 5.02 Å². The molecule has 2 aromatic rings. The third kappa shape index (κ3) is 5.15. The SMILES string of the molecule is CC(C)n1cc(F)ccc1=O.CC(C)n1ccc(Cl)cc1=O. The molecule has 22 heavy (non-hydrogen) atoms. The Kier molecular flexibility index (Phi) is 6.56. The van der Waals surface area contributed by atoms with Gasteiger partial charge in [-0.05, 0) is 39.8 Å². The van der Waals surface area contributed by atoms with Crippen LogP contribution in [0.25, 0.3) is 0 Å². The van der Waals surface area contributed by atoms with Gasteiger partial charge < -0.3 is 9.13 Å². The predicted molar refractivity (Wildman–Crippen MR) is 87.1 cm³/mol. The molecule has 0 unspecified atom stereocenters. The summed E-state index contributed by atoms with van der Waals surface area (Å²) in [5.74, 6) is -0.377. The maximum Gasteiger partial charge on any atom is 0.252 e. The van der Waals surface area contributed by atoms with E-state index in [1.54, 1.807) is 16.8 Å². The van der Waals surface area contributed by atoms with Crippen molar-refractivity contribution in [2.45, 2.75) is 39.8 Å². The van der Waals surface area contributed by atoms with E-state index in [2.05, 4.69) is 0 Å². The summed E-state index contributed by atoms with van der Waals surface area (Å²) in [4.78, 5) is 22.2. The minimum atomic E-state index is -0.377. The first-order valence-electron chi connectivity index (χ1n) is 6.97. The zero-order chi connectivity index (χ0) is 16.9. The van der Waals surface area contributed by atoms with Crippen LogP contribution >= 0.6 is 11.6 Å². The molecule has 0 aliphatic rings. The van der Waals surface area contributed by atoms with E-state index in [0.29, 0.717) is 5.02 Å². The van der Waals surface area contributed by atoms with Crippen molar-refractivity contribution in [2.24, 2.45) is 0 Å². The number of hydrogen-bond donors (Lipinski definition) is 0. The molecule has 0 spiro atoms. The van der Waals surface area contributed by atoms with Crippen LogP contribution in [0.15, 0.2) is 46.2 Å². The zero-order valence-corrected chi connectivity index (χ0v) is 13.8. The lowest BCUT2D eigenvalue weighted by atomic mass is 10.3. The zero-order valence-electron chi connectivity index (χ0n) is 13.1. The second-order valence-corrected chi connectivity index (χ2v) is 5.81. The molecule has 0 aromatic carbocycles. The Hall–Kier alpha value is -1.88. The Labute approximate surface area is 133 Å². The molecule has 2 heterocycles. The second-order valence-electron chi connectivity index (χ2n) is 5.37. The third-order valence-electron chi connectivity index (χ3n) is 2.92. The Morgan fingerprint density at radius 3 is 2.00 bits per heavy atom. The van der Waals surface area contributed by atoms with Crippen molar-refractivity contribution in [3.05, 3.63) is 68.2 Å². The number of hydrogen-bond acceptors (Lipinski definition) is 2. The number of aromatic nitrogens is 2.